The summed E-state index contributed by atoms with van der Waals surface area (Å²) in [5.41, 5.74) is 2.94. The van der Waals surface area contributed by atoms with Crippen LogP contribution in [0, 0.1) is 6.92 Å². The van der Waals surface area contributed by atoms with E-state index in [0.717, 1.165) is 34.5 Å². The van der Waals surface area contributed by atoms with Crippen LogP contribution >= 0.6 is 0 Å². The van der Waals surface area contributed by atoms with E-state index in [1.807, 2.05) is 31.2 Å². The lowest BCUT2D eigenvalue weighted by atomic mass is 10.2. The highest BCUT2D eigenvalue weighted by Gasteiger charge is 2.05. The summed E-state index contributed by atoms with van der Waals surface area (Å²) in [6.45, 7) is 11.5. The van der Waals surface area contributed by atoms with Crippen LogP contribution in [0.5, 0.6) is 5.75 Å². The molecule has 0 radical (unpaired) electrons. The Bertz CT molecular complexity index is 605. The molecule has 0 amide bonds. The van der Waals surface area contributed by atoms with Crippen LogP contribution in [0.3, 0.4) is 0 Å². The fourth-order valence-corrected chi connectivity index (χ4v) is 1.91. The molecule has 0 aliphatic heterocycles. The van der Waals surface area contributed by atoms with E-state index >= 15 is 0 Å². The molecule has 0 spiro atoms. The van der Waals surface area contributed by atoms with Gasteiger partial charge in [-0.3, -0.25) is 0 Å². The molecule has 20 heavy (non-hydrogen) atoms. The van der Waals surface area contributed by atoms with Gasteiger partial charge in [0.05, 0.1) is 0 Å². The van der Waals surface area contributed by atoms with Crippen LogP contribution in [0.1, 0.15) is 19.5 Å². The fraction of sp³-hybridized carbons (Fsp3) is 0.353. The van der Waals surface area contributed by atoms with Gasteiger partial charge in [0.25, 0.3) is 0 Å². The smallest absolute Gasteiger partial charge is 0.146 e. The zero-order valence-electron chi connectivity index (χ0n) is 12.4. The molecule has 1 N–H and O–H groups in total. The third-order valence-electron chi connectivity index (χ3n) is 3.01. The maximum Gasteiger partial charge on any atom is 0.146 e. The van der Waals surface area contributed by atoms with Crippen LogP contribution < -0.4 is 10.1 Å². The molecule has 0 fully saturated rings. The summed E-state index contributed by atoms with van der Waals surface area (Å²) in [7, 11) is 0. The van der Waals surface area contributed by atoms with Crippen molar-refractivity contribution in [2.45, 2.75) is 26.8 Å². The fourth-order valence-electron chi connectivity index (χ4n) is 1.91. The average molecular weight is 270 g/mol. The minimum atomic E-state index is 0.452. The number of fused-ring (bicyclic) bond motifs is 1. The predicted octanol–water partition coefficient (Wildman–Crippen LogP) is 3.48. The van der Waals surface area contributed by atoms with Crippen molar-refractivity contribution >= 4 is 10.9 Å². The van der Waals surface area contributed by atoms with Gasteiger partial charge in [0.15, 0.2) is 0 Å². The van der Waals surface area contributed by atoms with E-state index in [9.17, 15) is 0 Å². The standard InChI is InChI=1S/C17H22N2O/c1-12(2)18-10-13(3)11-20-16-7-5-6-15-9-8-14(4)19-17(15)16/h5-9,12,18H,3,10-11H2,1-2,4H3. The van der Waals surface area contributed by atoms with Crippen LogP contribution in [0.4, 0.5) is 0 Å². The van der Waals surface area contributed by atoms with Gasteiger partial charge < -0.3 is 10.1 Å². The number of nitrogens with zero attached hydrogens (tertiary/aromatic N) is 1. The first-order valence-corrected chi connectivity index (χ1v) is 6.95. The Balaban J connectivity index is 2.06. The normalized spacial score (nSPS) is 11.0. The number of benzene rings is 1. The number of nitrogens with one attached hydrogen (secondary N) is 1. The van der Waals surface area contributed by atoms with Crippen LogP contribution in [-0.2, 0) is 0 Å². The SMILES string of the molecule is C=C(CNC(C)C)COc1cccc2ccc(C)nc12. The van der Waals surface area contributed by atoms with Crippen LogP contribution in [0.25, 0.3) is 10.9 Å². The van der Waals surface area contributed by atoms with Gasteiger partial charge in [-0.2, -0.15) is 0 Å². The molecule has 3 heteroatoms. The van der Waals surface area contributed by atoms with Gasteiger partial charge in [0.1, 0.15) is 17.9 Å². The molecule has 1 aromatic carbocycles. The van der Waals surface area contributed by atoms with E-state index in [0.29, 0.717) is 12.6 Å². The zero-order valence-corrected chi connectivity index (χ0v) is 12.4. The summed E-state index contributed by atoms with van der Waals surface area (Å²) in [5.74, 6) is 0.817. The van der Waals surface area contributed by atoms with E-state index in [4.69, 9.17) is 4.74 Å². The molecular weight excluding hydrogens is 248 g/mol. The largest absolute Gasteiger partial charge is 0.487 e. The Labute approximate surface area is 120 Å². The van der Waals surface area contributed by atoms with Crippen LogP contribution in [-0.4, -0.2) is 24.2 Å². The van der Waals surface area contributed by atoms with Crippen molar-refractivity contribution in [3.8, 4) is 5.75 Å². The molecule has 0 atom stereocenters. The summed E-state index contributed by atoms with van der Waals surface area (Å²) in [6, 6.07) is 10.5. The van der Waals surface area contributed by atoms with Gasteiger partial charge in [-0.15, -0.1) is 0 Å². The highest BCUT2D eigenvalue weighted by atomic mass is 16.5. The Morgan fingerprint density at radius 1 is 1.30 bits per heavy atom. The van der Waals surface area contributed by atoms with E-state index in [1.54, 1.807) is 0 Å². The van der Waals surface area contributed by atoms with Gasteiger partial charge in [0.2, 0.25) is 0 Å². The van der Waals surface area contributed by atoms with Crippen molar-refractivity contribution in [1.82, 2.24) is 10.3 Å². The number of hydrogen-bond donors (Lipinski definition) is 1. The van der Waals surface area contributed by atoms with Gasteiger partial charge in [-0.05, 0) is 24.6 Å². The lowest BCUT2D eigenvalue weighted by molar-refractivity contribution is 0.350. The quantitative estimate of drug-likeness (QED) is 0.816. The lowest BCUT2D eigenvalue weighted by Gasteiger charge is -2.13. The van der Waals surface area contributed by atoms with E-state index < -0.39 is 0 Å². The zero-order chi connectivity index (χ0) is 14.5. The summed E-state index contributed by atoms with van der Waals surface area (Å²) in [4.78, 5) is 4.56. The molecule has 2 aromatic rings. The predicted molar refractivity (Wildman–Crippen MR) is 84.3 cm³/mol. The number of ether oxygens (including phenoxy) is 1. The molecule has 0 aliphatic carbocycles. The molecule has 2 rings (SSSR count). The Morgan fingerprint density at radius 2 is 2.10 bits per heavy atom. The molecule has 0 aliphatic rings. The number of pyridine rings is 1. The molecule has 1 heterocycles. The molecule has 0 saturated heterocycles. The van der Waals surface area contributed by atoms with Crippen molar-refractivity contribution in [2.75, 3.05) is 13.2 Å². The van der Waals surface area contributed by atoms with Crippen molar-refractivity contribution < 1.29 is 4.74 Å². The summed E-state index contributed by atoms with van der Waals surface area (Å²) >= 11 is 0. The molecule has 0 unspecified atom stereocenters. The summed E-state index contributed by atoms with van der Waals surface area (Å²) < 4.78 is 5.87. The van der Waals surface area contributed by atoms with Gasteiger partial charge in [-0.1, -0.05) is 38.6 Å². The number of rotatable bonds is 6. The number of para-hydroxylation sites is 1. The Morgan fingerprint density at radius 3 is 2.85 bits per heavy atom. The van der Waals surface area contributed by atoms with Crippen molar-refractivity contribution in [2.24, 2.45) is 0 Å². The summed E-state index contributed by atoms with van der Waals surface area (Å²) in [6.07, 6.45) is 0. The van der Waals surface area contributed by atoms with Gasteiger partial charge in [0, 0.05) is 23.7 Å². The first-order valence-electron chi connectivity index (χ1n) is 6.95. The monoisotopic (exact) mass is 270 g/mol. The first-order chi connectivity index (χ1) is 9.56. The third-order valence-corrected chi connectivity index (χ3v) is 3.01. The molecule has 0 bridgehead atoms. The van der Waals surface area contributed by atoms with Crippen molar-refractivity contribution in [3.05, 3.63) is 48.2 Å². The molecule has 3 nitrogen and oxygen atoms in total. The van der Waals surface area contributed by atoms with Crippen LogP contribution in [0.15, 0.2) is 42.5 Å². The average Bonchev–Trinajstić information content (AvgIpc) is 2.42. The topological polar surface area (TPSA) is 34.1 Å². The van der Waals surface area contributed by atoms with Gasteiger partial charge in [-0.25, -0.2) is 4.98 Å². The molecule has 106 valence electrons. The van der Waals surface area contributed by atoms with Crippen molar-refractivity contribution in [1.29, 1.82) is 0 Å². The molecule has 1 aromatic heterocycles. The second-order valence-electron chi connectivity index (χ2n) is 5.35. The molecule has 0 saturated carbocycles. The highest BCUT2D eigenvalue weighted by Crippen LogP contribution is 2.24. The second kappa shape index (κ2) is 6.53. The van der Waals surface area contributed by atoms with E-state index in [-0.39, 0.29) is 0 Å². The minimum absolute atomic E-state index is 0.452. The summed E-state index contributed by atoms with van der Waals surface area (Å²) in [5, 5.41) is 4.43. The first kappa shape index (κ1) is 14.5. The third kappa shape index (κ3) is 3.81. The number of aromatic nitrogens is 1. The highest BCUT2D eigenvalue weighted by molar-refractivity contribution is 5.84. The number of hydrogen-bond acceptors (Lipinski definition) is 3. The van der Waals surface area contributed by atoms with Crippen molar-refractivity contribution in [3.63, 3.8) is 0 Å². The van der Waals surface area contributed by atoms with Gasteiger partial charge >= 0.3 is 0 Å². The Hall–Kier alpha value is -1.87. The van der Waals surface area contributed by atoms with Crippen LogP contribution in [0.2, 0.25) is 0 Å². The van der Waals surface area contributed by atoms with E-state index in [1.165, 1.54) is 0 Å². The lowest BCUT2D eigenvalue weighted by Crippen LogP contribution is -2.26. The number of aryl methyl sites for hydroxylation is 1. The maximum atomic E-state index is 5.87. The second-order valence-corrected chi connectivity index (χ2v) is 5.35. The maximum absolute atomic E-state index is 5.87. The minimum Gasteiger partial charge on any atom is -0.487 e. The molecular formula is C17H22N2O. The van der Waals surface area contributed by atoms with E-state index in [2.05, 4.69) is 36.8 Å². The Kier molecular flexibility index (Phi) is 4.74.